The van der Waals surface area contributed by atoms with Crippen LogP contribution in [0.15, 0.2) is 0 Å². The molecule has 0 aromatic rings. The van der Waals surface area contributed by atoms with Crippen LogP contribution in [0.2, 0.25) is 0 Å². The van der Waals surface area contributed by atoms with Crippen LogP contribution in [-0.4, -0.2) is 48.7 Å². The quantitative estimate of drug-likeness (QED) is 0.761. The van der Waals surface area contributed by atoms with Gasteiger partial charge >= 0.3 is 12.1 Å². The van der Waals surface area contributed by atoms with Crippen LogP contribution in [0.3, 0.4) is 0 Å². The maximum atomic E-state index is 12.3. The molecule has 0 heterocycles. The normalized spacial score (nSPS) is 27.8. The van der Waals surface area contributed by atoms with Crippen LogP contribution < -0.4 is 5.73 Å². The van der Waals surface area contributed by atoms with E-state index in [2.05, 4.69) is 4.74 Å². The highest BCUT2D eigenvalue weighted by molar-refractivity contribution is 5.88. The minimum Gasteiger partial charge on any atom is -0.442 e. The third-order valence-corrected chi connectivity index (χ3v) is 3.15. The number of nitrogens with two attached hydrogens (primary N) is 1. The van der Waals surface area contributed by atoms with E-state index in [-0.39, 0.29) is 18.9 Å². The van der Waals surface area contributed by atoms with Gasteiger partial charge in [-0.15, -0.1) is 0 Å². The Morgan fingerprint density at radius 2 is 1.74 bits per heavy atom. The van der Waals surface area contributed by atoms with Crippen molar-refractivity contribution < 1.29 is 27.5 Å². The first-order valence-electron chi connectivity index (χ1n) is 5.86. The maximum absolute atomic E-state index is 12.3. The molecule has 0 saturated heterocycles. The monoisotopic (exact) mass is 282 g/mol. The zero-order valence-electron chi connectivity index (χ0n) is 10.8. The Morgan fingerprint density at radius 1 is 1.26 bits per heavy atom. The molecule has 1 amide bonds. The summed E-state index contributed by atoms with van der Waals surface area (Å²) in [5, 5.41) is 0. The van der Waals surface area contributed by atoms with Crippen molar-refractivity contribution in [2.24, 2.45) is 5.73 Å². The second-order valence-corrected chi connectivity index (χ2v) is 4.92. The van der Waals surface area contributed by atoms with Crippen molar-refractivity contribution in [3.63, 3.8) is 0 Å². The van der Waals surface area contributed by atoms with E-state index in [4.69, 9.17) is 5.73 Å². The van der Waals surface area contributed by atoms with Gasteiger partial charge in [-0.05, 0) is 25.7 Å². The lowest BCUT2D eigenvalue weighted by Crippen LogP contribution is -2.54. The zero-order chi connectivity index (χ0) is 14.8. The van der Waals surface area contributed by atoms with E-state index in [0.717, 1.165) is 4.90 Å². The molecule has 0 radical (unpaired) electrons. The summed E-state index contributed by atoms with van der Waals surface area (Å²) in [4.78, 5) is 24.2. The Labute approximate surface area is 108 Å². The maximum Gasteiger partial charge on any atom is 0.490 e. The van der Waals surface area contributed by atoms with Gasteiger partial charge in [-0.1, -0.05) is 0 Å². The van der Waals surface area contributed by atoms with Gasteiger partial charge < -0.3 is 15.4 Å². The first-order valence-corrected chi connectivity index (χ1v) is 5.86. The fourth-order valence-corrected chi connectivity index (χ4v) is 2.11. The van der Waals surface area contributed by atoms with Crippen LogP contribution in [0.25, 0.3) is 0 Å². The number of likely N-dealkylation sites (N-methyl/N-ethyl adjacent to an activating group) is 1. The van der Waals surface area contributed by atoms with E-state index in [1.54, 1.807) is 0 Å². The Bertz CT molecular complexity index is 361. The minimum atomic E-state index is -5.11. The van der Waals surface area contributed by atoms with Crippen molar-refractivity contribution in [1.29, 1.82) is 0 Å². The van der Waals surface area contributed by atoms with Crippen LogP contribution in [0, 0.1) is 0 Å². The van der Waals surface area contributed by atoms with Gasteiger partial charge in [0.15, 0.2) is 5.60 Å². The fraction of sp³-hybridized carbons (Fsp3) is 0.818. The Morgan fingerprint density at radius 3 is 2.11 bits per heavy atom. The first-order chi connectivity index (χ1) is 8.58. The van der Waals surface area contributed by atoms with Crippen LogP contribution in [0.5, 0.6) is 0 Å². The molecule has 0 aromatic heterocycles. The molecule has 0 atom stereocenters. The second-order valence-electron chi connectivity index (χ2n) is 4.92. The molecule has 19 heavy (non-hydrogen) atoms. The highest BCUT2D eigenvalue weighted by Gasteiger charge is 2.51. The molecule has 1 saturated carbocycles. The van der Waals surface area contributed by atoms with E-state index in [1.807, 2.05) is 0 Å². The van der Waals surface area contributed by atoms with E-state index in [1.165, 1.54) is 14.1 Å². The van der Waals surface area contributed by atoms with Gasteiger partial charge in [0, 0.05) is 20.1 Å². The number of hydrogen-bond acceptors (Lipinski definition) is 4. The molecule has 2 N–H and O–H groups in total. The largest absolute Gasteiger partial charge is 0.490 e. The SMILES string of the molecule is CN(C)C(=O)[C@]1(OC(=O)C(F)(F)F)CC[C@@H](N)CC1. The predicted octanol–water partition coefficient (Wildman–Crippen LogP) is 0.820. The van der Waals surface area contributed by atoms with Crippen molar-refractivity contribution in [3.05, 3.63) is 0 Å². The van der Waals surface area contributed by atoms with E-state index in [9.17, 15) is 22.8 Å². The molecule has 1 fully saturated rings. The van der Waals surface area contributed by atoms with Gasteiger partial charge in [0.1, 0.15) is 0 Å². The Hall–Kier alpha value is -1.31. The molecule has 1 aliphatic rings. The number of nitrogens with zero attached hydrogens (tertiary/aromatic N) is 1. The zero-order valence-corrected chi connectivity index (χ0v) is 10.8. The number of carbonyl (C=O) groups is 2. The molecule has 8 heteroatoms. The van der Waals surface area contributed by atoms with E-state index >= 15 is 0 Å². The van der Waals surface area contributed by atoms with Crippen LogP contribution in [-0.2, 0) is 14.3 Å². The molecule has 0 unspecified atom stereocenters. The third-order valence-electron chi connectivity index (χ3n) is 3.15. The lowest BCUT2D eigenvalue weighted by molar-refractivity contribution is -0.218. The van der Waals surface area contributed by atoms with E-state index in [0.29, 0.717) is 12.8 Å². The number of carbonyl (C=O) groups excluding carboxylic acids is 2. The van der Waals surface area contributed by atoms with Gasteiger partial charge in [0.05, 0.1) is 0 Å². The summed E-state index contributed by atoms with van der Waals surface area (Å²) < 4.78 is 41.4. The van der Waals surface area contributed by atoms with Crippen LogP contribution in [0.4, 0.5) is 13.2 Å². The summed E-state index contributed by atoms with van der Waals surface area (Å²) in [7, 11) is 2.81. The summed E-state index contributed by atoms with van der Waals surface area (Å²) in [6, 6.07) is -0.187. The summed E-state index contributed by atoms with van der Waals surface area (Å²) in [5.41, 5.74) is 3.92. The average molecular weight is 282 g/mol. The third kappa shape index (κ3) is 3.59. The van der Waals surface area contributed by atoms with E-state index < -0.39 is 23.7 Å². The highest BCUT2D eigenvalue weighted by Crippen LogP contribution is 2.34. The Balaban J connectivity index is 2.94. The second kappa shape index (κ2) is 5.36. The van der Waals surface area contributed by atoms with Crippen molar-refractivity contribution in [1.82, 2.24) is 4.90 Å². The molecule has 1 aliphatic carbocycles. The molecular formula is C11H17F3N2O3. The van der Waals surface area contributed by atoms with Crippen molar-refractivity contribution in [2.45, 2.75) is 43.5 Å². The summed E-state index contributed by atoms with van der Waals surface area (Å²) in [5.74, 6) is -2.98. The number of ether oxygens (including phenoxy) is 1. The number of alkyl halides is 3. The van der Waals surface area contributed by atoms with Gasteiger partial charge in [-0.2, -0.15) is 13.2 Å². The topological polar surface area (TPSA) is 72.6 Å². The number of halogens is 3. The van der Waals surface area contributed by atoms with Gasteiger partial charge in [0.25, 0.3) is 5.91 Å². The molecule has 0 spiro atoms. The summed E-state index contributed by atoms with van der Waals surface area (Å²) >= 11 is 0. The lowest BCUT2D eigenvalue weighted by Gasteiger charge is -2.38. The molecular weight excluding hydrogens is 265 g/mol. The molecule has 110 valence electrons. The van der Waals surface area contributed by atoms with Gasteiger partial charge in [-0.3, -0.25) is 4.79 Å². The molecule has 0 bridgehead atoms. The van der Waals surface area contributed by atoms with Gasteiger partial charge in [-0.25, -0.2) is 4.79 Å². The number of esters is 1. The lowest BCUT2D eigenvalue weighted by atomic mass is 9.81. The molecule has 5 nitrogen and oxygen atoms in total. The van der Waals surface area contributed by atoms with Crippen LogP contribution >= 0.6 is 0 Å². The van der Waals surface area contributed by atoms with Crippen LogP contribution in [0.1, 0.15) is 25.7 Å². The standard InChI is InChI=1S/C11H17F3N2O3/c1-16(2)8(17)10(5-3-7(15)4-6-10)19-9(18)11(12,13)14/h7H,3-6,15H2,1-2H3/t7-,10+. The number of rotatable bonds is 2. The smallest absolute Gasteiger partial charge is 0.442 e. The predicted molar refractivity (Wildman–Crippen MR) is 60.0 cm³/mol. The first kappa shape index (κ1) is 15.7. The number of hydrogen-bond donors (Lipinski definition) is 1. The van der Waals surface area contributed by atoms with Crippen molar-refractivity contribution in [2.75, 3.05) is 14.1 Å². The van der Waals surface area contributed by atoms with Crippen molar-refractivity contribution in [3.8, 4) is 0 Å². The highest BCUT2D eigenvalue weighted by atomic mass is 19.4. The molecule has 0 aliphatic heterocycles. The molecule has 1 rings (SSSR count). The van der Waals surface area contributed by atoms with Gasteiger partial charge in [0.2, 0.25) is 0 Å². The minimum absolute atomic E-state index is 0.00694. The average Bonchev–Trinajstić information content (AvgIpc) is 2.30. The summed E-state index contributed by atoms with van der Waals surface area (Å²) in [6.45, 7) is 0. The summed E-state index contributed by atoms with van der Waals surface area (Å²) in [6.07, 6.45) is -4.42. The fourth-order valence-electron chi connectivity index (χ4n) is 2.11. The Kier molecular flexibility index (Phi) is 4.44. The molecule has 0 aromatic carbocycles. The van der Waals surface area contributed by atoms with Crippen molar-refractivity contribution >= 4 is 11.9 Å². The number of amides is 1.